The minimum absolute atomic E-state index is 0.0167. The summed E-state index contributed by atoms with van der Waals surface area (Å²) >= 11 is 0. The van der Waals surface area contributed by atoms with E-state index in [1.807, 2.05) is 100 Å². The van der Waals surface area contributed by atoms with Gasteiger partial charge in [-0.25, -0.2) is 29.9 Å². The molecule has 0 fully saturated rings. The van der Waals surface area contributed by atoms with Crippen LogP contribution in [0.4, 0.5) is 26.3 Å². The number of benzene rings is 7. The van der Waals surface area contributed by atoms with Crippen molar-refractivity contribution in [1.82, 2.24) is 39.0 Å². The predicted octanol–water partition coefficient (Wildman–Crippen LogP) is 14.1. The summed E-state index contributed by atoms with van der Waals surface area (Å²) in [6, 6.07) is 41.0. The quantitative estimate of drug-likeness (QED) is 0.153. The lowest BCUT2D eigenvalue weighted by Crippen LogP contribution is -2.12. The summed E-state index contributed by atoms with van der Waals surface area (Å²) in [4.78, 5) is 27.1. The Hall–Kier alpha value is -8.77. The highest BCUT2D eigenvalue weighted by molar-refractivity contribution is 6.13. The molecule has 0 aliphatic carbocycles. The molecular formula is C55H35F6N9. The zero-order chi connectivity index (χ0) is 48.8. The van der Waals surface area contributed by atoms with E-state index in [4.69, 9.17) is 0 Å². The van der Waals surface area contributed by atoms with Gasteiger partial charge in [0.25, 0.3) is 0 Å². The van der Waals surface area contributed by atoms with Gasteiger partial charge in [0.15, 0.2) is 11.6 Å². The van der Waals surface area contributed by atoms with Crippen LogP contribution in [-0.4, -0.2) is 39.0 Å². The molecule has 0 N–H and O–H groups in total. The first-order valence-electron chi connectivity index (χ1n) is 22.0. The molecule has 0 saturated heterocycles. The number of hydrogen-bond acceptors (Lipinski definition) is 7. The summed E-state index contributed by atoms with van der Waals surface area (Å²) in [6.07, 6.45) is -10.2. The molecule has 0 bridgehead atoms. The number of fused-ring (bicyclic) bond motifs is 6. The van der Waals surface area contributed by atoms with Crippen LogP contribution in [0.1, 0.15) is 40.0 Å². The predicted molar refractivity (Wildman–Crippen MR) is 257 cm³/mol. The lowest BCUT2D eigenvalue weighted by molar-refractivity contribution is -0.142. The number of aryl methyl sites for hydroxylation is 4. The van der Waals surface area contributed by atoms with E-state index in [2.05, 4.69) is 36.0 Å². The van der Waals surface area contributed by atoms with Crippen LogP contribution >= 0.6 is 0 Å². The van der Waals surface area contributed by atoms with Crippen molar-refractivity contribution in [3.8, 4) is 62.5 Å². The van der Waals surface area contributed by atoms with E-state index in [1.165, 1.54) is 12.1 Å². The molecule has 70 heavy (non-hydrogen) atoms. The van der Waals surface area contributed by atoms with Gasteiger partial charge in [-0.3, -0.25) is 0 Å². The van der Waals surface area contributed by atoms with E-state index in [0.29, 0.717) is 63.5 Å². The number of aromatic nitrogens is 8. The lowest BCUT2D eigenvalue weighted by Gasteiger charge is -2.22. The van der Waals surface area contributed by atoms with Crippen LogP contribution in [0.15, 0.2) is 140 Å². The molecule has 0 amide bonds. The van der Waals surface area contributed by atoms with Crippen LogP contribution in [-0.2, 0) is 12.4 Å². The van der Waals surface area contributed by atoms with Crippen molar-refractivity contribution in [3.05, 3.63) is 180 Å². The molecule has 4 aromatic heterocycles. The summed E-state index contributed by atoms with van der Waals surface area (Å²) in [6.45, 7) is 7.18. The minimum Gasteiger partial charge on any atom is -0.309 e. The van der Waals surface area contributed by atoms with Crippen molar-refractivity contribution in [2.45, 2.75) is 40.0 Å². The van der Waals surface area contributed by atoms with Crippen LogP contribution in [0.5, 0.6) is 0 Å². The van der Waals surface area contributed by atoms with E-state index in [9.17, 15) is 31.6 Å². The molecule has 11 rings (SSSR count). The molecule has 7 aromatic carbocycles. The Morgan fingerprint density at radius 3 is 1.44 bits per heavy atom. The van der Waals surface area contributed by atoms with E-state index in [1.54, 1.807) is 45.9 Å². The molecule has 0 spiro atoms. The second kappa shape index (κ2) is 16.2. The van der Waals surface area contributed by atoms with Crippen molar-refractivity contribution < 1.29 is 26.3 Å². The Labute approximate surface area is 395 Å². The minimum atomic E-state index is -5.16. The second-order valence-corrected chi connectivity index (χ2v) is 17.0. The fourth-order valence-corrected chi connectivity index (χ4v) is 9.64. The third kappa shape index (κ3) is 7.36. The van der Waals surface area contributed by atoms with Gasteiger partial charge in [-0.15, -0.1) is 0 Å². The SMILES string of the molecule is Cc1nc(C)nc(-c2ccc3c(c2)c2ccccc2n3-c2ccc(-c3ccc(C(F)(F)F)cc3C(F)(F)F)cc2-c2c(C#N)cccc2-n2c3ccccc3c3cc(-c4nc(C)nc(C)n4)ccc32)n1. The molecule has 9 nitrogen and oxygen atoms in total. The largest absolute Gasteiger partial charge is 0.417 e. The van der Waals surface area contributed by atoms with Gasteiger partial charge >= 0.3 is 12.4 Å². The third-order valence-electron chi connectivity index (χ3n) is 12.5. The molecule has 11 aromatic rings. The molecule has 15 heteroatoms. The standard InChI is InChI=1S/C55H35F6N9/c1-29-63-30(2)66-52(65-29)34-17-22-47-41(25-34)39-11-5-7-13-45(39)69(47)49-21-16-33(38-20-19-37(54(56,57)58)27-44(38)55(59,60)61)24-43(49)51-36(28-62)10-9-15-50(51)70-46-14-8-6-12-40(46)42-26-35(18-23-48(42)70)53-67-31(3)64-32(4)68-53/h5-27H,1-4H3. The van der Waals surface area contributed by atoms with Gasteiger partial charge in [0, 0.05) is 43.8 Å². The van der Waals surface area contributed by atoms with Gasteiger partial charge in [0.2, 0.25) is 0 Å². The first-order valence-corrected chi connectivity index (χ1v) is 22.0. The molecule has 0 saturated carbocycles. The average molecular weight is 936 g/mol. The van der Waals surface area contributed by atoms with E-state index < -0.39 is 29.0 Å². The van der Waals surface area contributed by atoms with Gasteiger partial charge < -0.3 is 9.13 Å². The number of nitriles is 1. The van der Waals surface area contributed by atoms with Gasteiger partial charge in [-0.05, 0) is 124 Å². The van der Waals surface area contributed by atoms with Crippen LogP contribution < -0.4 is 0 Å². The number of alkyl halides is 6. The van der Waals surface area contributed by atoms with Crippen molar-refractivity contribution in [2.75, 3.05) is 0 Å². The number of hydrogen-bond donors (Lipinski definition) is 0. The van der Waals surface area contributed by atoms with E-state index in [0.717, 1.165) is 60.8 Å². The Morgan fingerprint density at radius 2 is 0.929 bits per heavy atom. The van der Waals surface area contributed by atoms with Gasteiger partial charge in [0.1, 0.15) is 23.3 Å². The molecular weight excluding hydrogens is 901 g/mol. The van der Waals surface area contributed by atoms with Crippen LogP contribution in [0.25, 0.3) is 100 Å². The molecule has 0 aliphatic heterocycles. The maximum Gasteiger partial charge on any atom is 0.417 e. The third-order valence-corrected chi connectivity index (χ3v) is 12.5. The van der Waals surface area contributed by atoms with Crippen molar-refractivity contribution in [2.24, 2.45) is 0 Å². The van der Waals surface area contributed by atoms with Crippen molar-refractivity contribution in [1.29, 1.82) is 5.26 Å². The maximum absolute atomic E-state index is 15.0. The van der Waals surface area contributed by atoms with E-state index in [-0.39, 0.29) is 17.2 Å². The molecule has 0 atom stereocenters. The fourth-order valence-electron chi connectivity index (χ4n) is 9.64. The fraction of sp³-hybridized carbons (Fsp3) is 0.109. The highest BCUT2D eigenvalue weighted by atomic mass is 19.4. The molecule has 0 aliphatic rings. The van der Waals surface area contributed by atoms with Crippen LogP contribution in [0.3, 0.4) is 0 Å². The first-order chi connectivity index (χ1) is 33.5. The normalized spacial score (nSPS) is 12.1. The maximum atomic E-state index is 15.0. The molecule has 342 valence electrons. The van der Waals surface area contributed by atoms with E-state index >= 15 is 0 Å². The zero-order valence-corrected chi connectivity index (χ0v) is 37.6. The summed E-state index contributed by atoms with van der Waals surface area (Å²) < 4.78 is 90.9. The smallest absolute Gasteiger partial charge is 0.309 e. The monoisotopic (exact) mass is 935 g/mol. The molecule has 4 heterocycles. The highest BCUT2D eigenvalue weighted by Gasteiger charge is 2.39. The zero-order valence-electron chi connectivity index (χ0n) is 37.6. The van der Waals surface area contributed by atoms with Crippen molar-refractivity contribution >= 4 is 43.6 Å². The molecule has 0 unspecified atom stereocenters. The van der Waals surface area contributed by atoms with Gasteiger partial charge in [-0.2, -0.15) is 31.6 Å². The Bertz CT molecular complexity index is 3970. The number of para-hydroxylation sites is 2. The molecule has 0 radical (unpaired) electrons. The average Bonchev–Trinajstić information content (AvgIpc) is 3.84. The summed E-state index contributed by atoms with van der Waals surface area (Å²) in [5, 5.41) is 14.4. The van der Waals surface area contributed by atoms with Gasteiger partial charge in [0.05, 0.1) is 56.2 Å². The summed E-state index contributed by atoms with van der Waals surface area (Å²) in [5.74, 6) is 3.22. The number of halogens is 6. The van der Waals surface area contributed by atoms with Gasteiger partial charge in [-0.1, -0.05) is 54.6 Å². The Balaban J connectivity index is 1.23. The van der Waals surface area contributed by atoms with Crippen molar-refractivity contribution in [3.63, 3.8) is 0 Å². The lowest BCUT2D eigenvalue weighted by atomic mass is 9.90. The Kier molecular flexibility index (Phi) is 10.1. The second-order valence-electron chi connectivity index (χ2n) is 17.0. The van der Waals surface area contributed by atoms with Crippen LogP contribution in [0.2, 0.25) is 0 Å². The first kappa shape index (κ1) is 43.8. The highest BCUT2D eigenvalue weighted by Crippen LogP contribution is 2.47. The summed E-state index contributed by atoms with van der Waals surface area (Å²) in [5.41, 5.74) is 3.00. The van der Waals surface area contributed by atoms with Crippen LogP contribution in [0, 0.1) is 39.0 Å². The summed E-state index contributed by atoms with van der Waals surface area (Å²) in [7, 11) is 0. The topological polar surface area (TPSA) is 111 Å². The number of nitrogens with zero attached hydrogens (tertiary/aromatic N) is 9. The number of rotatable bonds is 6. The Morgan fingerprint density at radius 1 is 0.429 bits per heavy atom.